The van der Waals surface area contributed by atoms with Crippen molar-refractivity contribution >= 4 is 22.2 Å². The van der Waals surface area contributed by atoms with Crippen molar-refractivity contribution in [3.05, 3.63) is 176 Å². The van der Waals surface area contributed by atoms with Crippen molar-refractivity contribution in [1.82, 2.24) is 24.9 Å². The molecule has 0 aliphatic heterocycles. The lowest BCUT2D eigenvalue weighted by atomic mass is 10.0. The molecular weight excluding hydrogens is 667 g/mol. The van der Waals surface area contributed by atoms with E-state index in [1.807, 2.05) is 91.0 Å². The van der Waals surface area contributed by atoms with Crippen LogP contribution in [0.1, 0.15) is 0 Å². The second-order valence-corrected chi connectivity index (χ2v) is 13.0. The molecule has 7 heteroatoms. The van der Waals surface area contributed by atoms with Crippen LogP contribution < -0.4 is 0 Å². The van der Waals surface area contributed by atoms with Gasteiger partial charge in [0.1, 0.15) is 11.5 Å². The maximum Gasteiger partial charge on any atom is 0.226 e. The van der Waals surface area contributed by atoms with Crippen molar-refractivity contribution in [1.29, 1.82) is 0 Å². The number of hydrogen-bond donors (Lipinski definition) is 0. The number of benzene rings is 5. The Kier molecular flexibility index (Phi) is 7.66. The fraction of sp³-hybridized carbons (Fsp3) is 0. The Hall–Kier alpha value is -7.51. The fourth-order valence-electron chi connectivity index (χ4n) is 6.72. The Morgan fingerprint density at radius 3 is 1.09 bits per heavy atom. The lowest BCUT2D eigenvalue weighted by Crippen LogP contribution is -2.00. The van der Waals surface area contributed by atoms with Gasteiger partial charge in [-0.1, -0.05) is 109 Å². The molecular formula is C47H29N5O2. The largest absolute Gasteiger partial charge is 0.438 e. The standard InChI is InChI=1S/C47H29N5O2/c1-3-9-30(10-4-1)32-15-19-34(20-16-32)43-50-44(35-21-17-33(18-22-35)31-11-5-2-6-12-31)52-45(51-43)40-26-38(41-28-36-13-7-23-48-46(36)53-41)25-39(27-40)42-29-37-14-8-24-49-47(37)54-42/h1-29H. The maximum atomic E-state index is 6.27. The van der Waals surface area contributed by atoms with Gasteiger partial charge in [0, 0.05) is 51.0 Å². The van der Waals surface area contributed by atoms with E-state index in [-0.39, 0.29) is 0 Å². The number of nitrogens with zero attached hydrogens (tertiary/aromatic N) is 5. The van der Waals surface area contributed by atoms with Gasteiger partial charge in [-0.25, -0.2) is 24.9 Å². The molecule has 0 unspecified atom stereocenters. The van der Waals surface area contributed by atoms with Crippen molar-refractivity contribution < 1.29 is 8.83 Å². The van der Waals surface area contributed by atoms with E-state index in [1.165, 1.54) is 0 Å². The molecule has 0 saturated carbocycles. The van der Waals surface area contributed by atoms with E-state index in [4.69, 9.17) is 23.8 Å². The van der Waals surface area contributed by atoms with Crippen molar-refractivity contribution in [2.45, 2.75) is 0 Å². The number of rotatable bonds is 7. The average molecular weight is 696 g/mol. The predicted molar refractivity (Wildman–Crippen MR) is 213 cm³/mol. The van der Waals surface area contributed by atoms with Crippen molar-refractivity contribution in [2.75, 3.05) is 0 Å². The Bertz CT molecular complexity index is 2660. The van der Waals surface area contributed by atoms with Crippen LogP contribution in [0.5, 0.6) is 0 Å². The van der Waals surface area contributed by atoms with Crippen LogP contribution in [0.15, 0.2) is 185 Å². The number of hydrogen-bond acceptors (Lipinski definition) is 7. The van der Waals surface area contributed by atoms with Gasteiger partial charge in [-0.15, -0.1) is 0 Å². The molecule has 0 radical (unpaired) electrons. The molecule has 0 bridgehead atoms. The van der Waals surface area contributed by atoms with Crippen LogP contribution in [-0.4, -0.2) is 24.9 Å². The molecule has 0 atom stereocenters. The van der Waals surface area contributed by atoms with E-state index in [2.05, 4.69) is 82.8 Å². The molecule has 5 aromatic heterocycles. The monoisotopic (exact) mass is 695 g/mol. The van der Waals surface area contributed by atoms with Gasteiger partial charge in [-0.05, 0) is 76.9 Å². The third-order valence-corrected chi connectivity index (χ3v) is 9.48. The molecule has 0 fully saturated rings. The summed E-state index contributed by atoms with van der Waals surface area (Å²) in [5.74, 6) is 2.98. The van der Waals surface area contributed by atoms with Crippen LogP contribution in [0.2, 0.25) is 0 Å². The molecule has 0 N–H and O–H groups in total. The minimum atomic E-state index is 0.515. The van der Waals surface area contributed by atoms with Crippen LogP contribution >= 0.6 is 0 Å². The van der Waals surface area contributed by atoms with Gasteiger partial charge >= 0.3 is 0 Å². The number of pyridine rings is 2. The minimum absolute atomic E-state index is 0.515. The first kappa shape index (κ1) is 31.2. The summed E-state index contributed by atoms with van der Waals surface area (Å²) in [6.45, 7) is 0. The molecule has 54 heavy (non-hydrogen) atoms. The highest BCUT2D eigenvalue weighted by Gasteiger charge is 2.18. The first-order valence-electron chi connectivity index (χ1n) is 17.6. The van der Waals surface area contributed by atoms with E-state index in [0.717, 1.165) is 60.8 Å². The SMILES string of the molecule is c1ccc(-c2ccc(-c3nc(-c4ccc(-c5ccccc5)cc4)nc(-c4cc(-c5cc6cccnc6o5)cc(-c5cc6cccnc6o5)c4)n3)cc2)cc1. The summed E-state index contributed by atoms with van der Waals surface area (Å²) < 4.78 is 12.5. The average Bonchev–Trinajstić information content (AvgIpc) is 3.90. The Morgan fingerprint density at radius 2 is 0.667 bits per heavy atom. The summed E-state index contributed by atoms with van der Waals surface area (Å²) in [6, 6.07) is 55.2. The zero-order chi connectivity index (χ0) is 35.8. The van der Waals surface area contributed by atoms with Crippen LogP contribution in [0.3, 0.4) is 0 Å². The van der Waals surface area contributed by atoms with E-state index in [1.54, 1.807) is 12.4 Å². The summed E-state index contributed by atoms with van der Waals surface area (Å²) in [6.07, 6.45) is 3.46. The molecule has 0 spiro atoms. The summed E-state index contributed by atoms with van der Waals surface area (Å²) >= 11 is 0. The molecule has 254 valence electrons. The zero-order valence-electron chi connectivity index (χ0n) is 28.8. The second-order valence-electron chi connectivity index (χ2n) is 13.0. The minimum Gasteiger partial charge on any atom is -0.438 e. The van der Waals surface area contributed by atoms with E-state index in [0.29, 0.717) is 40.4 Å². The van der Waals surface area contributed by atoms with E-state index in [9.17, 15) is 0 Å². The Labute approximate surface area is 310 Å². The number of fused-ring (bicyclic) bond motifs is 2. The van der Waals surface area contributed by atoms with Crippen LogP contribution in [0, 0.1) is 0 Å². The fourth-order valence-corrected chi connectivity index (χ4v) is 6.72. The van der Waals surface area contributed by atoms with Gasteiger partial charge in [0.25, 0.3) is 0 Å². The molecule has 0 amide bonds. The molecule has 5 aromatic carbocycles. The lowest BCUT2D eigenvalue weighted by Gasteiger charge is -2.11. The quantitative estimate of drug-likeness (QED) is 0.164. The third kappa shape index (κ3) is 5.99. The zero-order valence-corrected chi connectivity index (χ0v) is 28.8. The van der Waals surface area contributed by atoms with Gasteiger partial charge in [0.05, 0.1) is 0 Å². The topological polar surface area (TPSA) is 90.7 Å². The third-order valence-electron chi connectivity index (χ3n) is 9.48. The molecule has 5 heterocycles. The molecule has 0 aliphatic carbocycles. The van der Waals surface area contributed by atoms with E-state index < -0.39 is 0 Å². The van der Waals surface area contributed by atoms with Crippen LogP contribution in [-0.2, 0) is 0 Å². The van der Waals surface area contributed by atoms with Gasteiger partial charge < -0.3 is 8.83 Å². The van der Waals surface area contributed by atoms with Crippen LogP contribution in [0.4, 0.5) is 0 Å². The van der Waals surface area contributed by atoms with Gasteiger partial charge in [-0.2, -0.15) is 0 Å². The molecule has 10 aromatic rings. The summed E-state index contributed by atoms with van der Waals surface area (Å²) in [4.78, 5) is 24.1. The van der Waals surface area contributed by atoms with Crippen molar-refractivity contribution in [3.8, 4) is 79.1 Å². The molecule has 10 rings (SSSR count). The van der Waals surface area contributed by atoms with Gasteiger partial charge in [0.2, 0.25) is 11.4 Å². The Balaban J connectivity index is 1.14. The summed E-state index contributed by atoms with van der Waals surface area (Å²) in [7, 11) is 0. The number of aromatic nitrogens is 5. The van der Waals surface area contributed by atoms with Crippen LogP contribution in [0.25, 0.3) is 101 Å². The number of furan rings is 2. The maximum absolute atomic E-state index is 6.27. The van der Waals surface area contributed by atoms with Gasteiger partial charge in [-0.3, -0.25) is 0 Å². The highest BCUT2D eigenvalue weighted by molar-refractivity contribution is 5.86. The molecule has 0 saturated heterocycles. The summed E-state index contributed by atoms with van der Waals surface area (Å²) in [5, 5.41) is 1.82. The highest BCUT2D eigenvalue weighted by Crippen LogP contribution is 2.37. The first-order chi connectivity index (χ1) is 26.7. The summed E-state index contributed by atoms with van der Waals surface area (Å²) in [5.41, 5.74) is 9.84. The lowest BCUT2D eigenvalue weighted by molar-refractivity contribution is 0.616. The predicted octanol–water partition coefficient (Wildman–Crippen LogP) is 11.8. The smallest absolute Gasteiger partial charge is 0.226 e. The van der Waals surface area contributed by atoms with Crippen molar-refractivity contribution in [3.63, 3.8) is 0 Å². The van der Waals surface area contributed by atoms with Crippen molar-refractivity contribution in [2.24, 2.45) is 0 Å². The van der Waals surface area contributed by atoms with Gasteiger partial charge in [0.15, 0.2) is 17.5 Å². The normalized spacial score (nSPS) is 11.3. The second kappa shape index (κ2) is 13.2. The molecule has 7 nitrogen and oxygen atoms in total. The highest BCUT2D eigenvalue weighted by atomic mass is 16.3. The molecule has 0 aliphatic rings. The first-order valence-corrected chi connectivity index (χ1v) is 17.6. The van der Waals surface area contributed by atoms with E-state index >= 15 is 0 Å². The Morgan fingerprint density at radius 1 is 0.296 bits per heavy atom.